The van der Waals surface area contributed by atoms with Gasteiger partial charge in [0.05, 0.1) is 13.2 Å². The van der Waals surface area contributed by atoms with E-state index in [1.807, 2.05) is 0 Å². The Kier molecular flexibility index (Phi) is 4.85. The molecule has 14 heavy (non-hydrogen) atoms. The molecule has 0 amide bonds. The van der Waals surface area contributed by atoms with E-state index in [1.165, 1.54) is 0 Å². The van der Waals surface area contributed by atoms with Gasteiger partial charge < -0.3 is 15.0 Å². The molecule has 0 aromatic rings. The second-order valence-corrected chi connectivity index (χ2v) is 4.51. The Morgan fingerprint density at radius 3 is 2.36 bits per heavy atom. The first-order valence-electron chi connectivity index (χ1n) is 5.71. The van der Waals surface area contributed by atoms with E-state index in [0.29, 0.717) is 5.41 Å². The second-order valence-electron chi connectivity index (χ2n) is 4.51. The van der Waals surface area contributed by atoms with E-state index in [0.717, 1.165) is 45.9 Å². The van der Waals surface area contributed by atoms with Crippen molar-refractivity contribution >= 4 is 0 Å². The van der Waals surface area contributed by atoms with Gasteiger partial charge in [0.15, 0.2) is 0 Å². The van der Waals surface area contributed by atoms with E-state index in [-0.39, 0.29) is 0 Å². The fourth-order valence-electron chi connectivity index (χ4n) is 1.72. The van der Waals surface area contributed by atoms with Crippen LogP contribution in [0.1, 0.15) is 20.8 Å². The third-order valence-electron chi connectivity index (χ3n) is 2.95. The normalized spacial score (nSPS) is 19.7. The summed E-state index contributed by atoms with van der Waals surface area (Å²) in [6.07, 6.45) is 0. The van der Waals surface area contributed by atoms with Crippen molar-refractivity contribution in [2.45, 2.75) is 20.8 Å². The van der Waals surface area contributed by atoms with E-state index in [4.69, 9.17) is 4.74 Å². The molecule has 0 unspecified atom stereocenters. The topological polar surface area (TPSA) is 24.5 Å². The SMILES string of the molecule is CCN(CC)CCNCC1(C)COC1. The maximum atomic E-state index is 5.21. The van der Waals surface area contributed by atoms with Crippen LogP contribution in [0.15, 0.2) is 0 Å². The fourth-order valence-corrected chi connectivity index (χ4v) is 1.72. The van der Waals surface area contributed by atoms with E-state index >= 15 is 0 Å². The summed E-state index contributed by atoms with van der Waals surface area (Å²) in [5, 5.41) is 3.51. The minimum Gasteiger partial charge on any atom is -0.380 e. The van der Waals surface area contributed by atoms with Crippen molar-refractivity contribution in [2.75, 3.05) is 45.9 Å². The number of ether oxygens (including phenoxy) is 1. The molecular weight excluding hydrogens is 176 g/mol. The van der Waals surface area contributed by atoms with E-state index in [2.05, 4.69) is 31.0 Å². The first-order chi connectivity index (χ1) is 6.70. The predicted molar refractivity (Wildman–Crippen MR) is 59.6 cm³/mol. The van der Waals surface area contributed by atoms with Crippen molar-refractivity contribution in [3.8, 4) is 0 Å². The first kappa shape index (κ1) is 12.0. The molecule has 0 aromatic carbocycles. The van der Waals surface area contributed by atoms with Gasteiger partial charge in [0, 0.05) is 25.0 Å². The maximum absolute atomic E-state index is 5.21. The Morgan fingerprint density at radius 1 is 1.29 bits per heavy atom. The van der Waals surface area contributed by atoms with Gasteiger partial charge in [0.2, 0.25) is 0 Å². The van der Waals surface area contributed by atoms with E-state index in [9.17, 15) is 0 Å². The maximum Gasteiger partial charge on any atom is 0.0554 e. The average molecular weight is 200 g/mol. The van der Waals surface area contributed by atoms with Crippen molar-refractivity contribution in [1.29, 1.82) is 0 Å². The molecule has 3 nitrogen and oxygen atoms in total. The molecule has 1 heterocycles. The van der Waals surface area contributed by atoms with Gasteiger partial charge in [-0.3, -0.25) is 0 Å². The van der Waals surface area contributed by atoms with Crippen molar-refractivity contribution in [1.82, 2.24) is 10.2 Å². The summed E-state index contributed by atoms with van der Waals surface area (Å²) in [7, 11) is 0. The van der Waals surface area contributed by atoms with Crippen LogP contribution in [0, 0.1) is 5.41 Å². The molecule has 0 spiro atoms. The van der Waals surface area contributed by atoms with Crippen molar-refractivity contribution in [3.05, 3.63) is 0 Å². The molecule has 1 aliphatic rings. The summed E-state index contributed by atoms with van der Waals surface area (Å²) >= 11 is 0. The Hall–Kier alpha value is -0.120. The number of rotatable bonds is 7. The molecule has 1 aliphatic heterocycles. The standard InChI is InChI=1S/C11H24N2O/c1-4-13(5-2)7-6-12-8-11(3)9-14-10-11/h12H,4-10H2,1-3H3. The molecule has 0 bridgehead atoms. The third kappa shape index (κ3) is 3.56. The molecule has 1 rings (SSSR count). The first-order valence-corrected chi connectivity index (χ1v) is 5.71. The summed E-state index contributed by atoms with van der Waals surface area (Å²) in [4.78, 5) is 2.44. The monoisotopic (exact) mass is 200 g/mol. The average Bonchev–Trinajstić information content (AvgIpc) is 2.15. The molecule has 0 saturated carbocycles. The molecular formula is C11H24N2O. The number of nitrogens with zero attached hydrogens (tertiary/aromatic N) is 1. The summed E-state index contributed by atoms with van der Waals surface area (Å²) in [6, 6.07) is 0. The predicted octanol–water partition coefficient (Wildman–Crippen LogP) is 0.954. The lowest BCUT2D eigenvalue weighted by atomic mass is 9.89. The van der Waals surface area contributed by atoms with Gasteiger partial charge in [-0.1, -0.05) is 20.8 Å². The van der Waals surface area contributed by atoms with Crippen LogP contribution < -0.4 is 5.32 Å². The zero-order valence-corrected chi connectivity index (χ0v) is 9.81. The highest BCUT2D eigenvalue weighted by Crippen LogP contribution is 2.24. The lowest BCUT2D eigenvalue weighted by Crippen LogP contribution is -2.48. The minimum absolute atomic E-state index is 0.406. The largest absolute Gasteiger partial charge is 0.380 e. The molecule has 0 aromatic heterocycles. The molecule has 0 radical (unpaired) electrons. The molecule has 84 valence electrons. The molecule has 3 heteroatoms. The highest BCUT2D eigenvalue weighted by Gasteiger charge is 2.32. The zero-order chi connectivity index (χ0) is 10.4. The van der Waals surface area contributed by atoms with Crippen LogP contribution in [-0.2, 0) is 4.74 Å². The number of hydrogen-bond donors (Lipinski definition) is 1. The van der Waals surface area contributed by atoms with E-state index < -0.39 is 0 Å². The Morgan fingerprint density at radius 2 is 1.93 bits per heavy atom. The summed E-state index contributed by atoms with van der Waals surface area (Å²) in [6.45, 7) is 14.2. The quantitative estimate of drug-likeness (QED) is 0.619. The van der Waals surface area contributed by atoms with Crippen LogP contribution in [0.4, 0.5) is 0 Å². The Balaban J connectivity index is 1.98. The lowest BCUT2D eigenvalue weighted by molar-refractivity contribution is -0.0990. The number of hydrogen-bond acceptors (Lipinski definition) is 3. The minimum atomic E-state index is 0.406. The molecule has 0 aliphatic carbocycles. The summed E-state index contributed by atoms with van der Waals surface area (Å²) in [5.74, 6) is 0. The van der Waals surface area contributed by atoms with Crippen LogP contribution in [0.5, 0.6) is 0 Å². The lowest BCUT2D eigenvalue weighted by Gasteiger charge is -2.38. The van der Waals surface area contributed by atoms with Gasteiger partial charge >= 0.3 is 0 Å². The molecule has 1 saturated heterocycles. The number of likely N-dealkylation sites (N-methyl/N-ethyl adjacent to an activating group) is 1. The highest BCUT2D eigenvalue weighted by atomic mass is 16.5. The van der Waals surface area contributed by atoms with Gasteiger partial charge in [-0.2, -0.15) is 0 Å². The Bertz CT molecular complexity index is 153. The van der Waals surface area contributed by atoms with Gasteiger partial charge in [0.1, 0.15) is 0 Å². The van der Waals surface area contributed by atoms with Crippen molar-refractivity contribution in [2.24, 2.45) is 5.41 Å². The third-order valence-corrected chi connectivity index (χ3v) is 2.95. The fraction of sp³-hybridized carbons (Fsp3) is 1.00. The molecule has 1 N–H and O–H groups in total. The van der Waals surface area contributed by atoms with Gasteiger partial charge in [-0.05, 0) is 13.1 Å². The molecule has 0 atom stereocenters. The second kappa shape index (κ2) is 5.69. The highest BCUT2D eigenvalue weighted by molar-refractivity contribution is 4.82. The van der Waals surface area contributed by atoms with Crippen LogP contribution in [0.25, 0.3) is 0 Å². The van der Waals surface area contributed by atoms with Gasteiger partial charge in [-0.25, -0.2) is 0 Å². The number of nitrogens with one attached hydrogen (secondary N) is 1. The zero-order valence-electron chi connectivity index (χ0n) is 9.81. The molecule has 1 fully saturated rings. The smallest absolute Gasteiger partial charge is 0.0554 e. The van der Waals surface area contributed by atoms with Crippen molar-refractivity contribution in [3.63, 3.8) is 0 Å². The van der Waals surface area contributed by atoms with Gasteiger partial charge in [-0.15, -0.1) is 0 Å². The van der Waals surface area contributed by atoms with Crippen LogP contribution in [0.2, 0.25) is 0 Å². The summed E-state index contributed by atoms with van der Waals surface area (Å²) < 4.78 is 5.21. The van der Waals surface area contributed by atoms with Gasteiger partial charge in [0.25, 0.3) is 0 Å². The van der Waals surface area contributed by atoms with Crippen LogP contribution in [-0.4, -0.2) is 50.8 Å². The summed E-state index contributed by atoms with van der Waals surface area (Å²) in [5.41, 5.74) is 0.406. The Labute approximate surface area is 87.8 Å². The van der Waals surface area contributed by atoms with E-state index in [1.54, 1.807) is 0 Å². The van der Waals surface area contributed by atoms with Crippen LogP contribution in [0.3, 0.4) is 0 Å². The van der Waals surface area contributed by atoms with Crippen LogP contribution >= 0.6 is 0 Å². The van der Waals surface area contributed by atoms with Crippen molar-refractivity contribution < 1.29 is 4.74 Å².